The molecule has 12 heteroatoms. The fraction of sp³-hybridized carbons (Fsp3) is 0.348. The van der Waals surface area contributed by atoms with Crippen molar-refractivity contribution in [2.75, 3.05) is 38.9 Å². The van der Waals surface area contributed by atoms with Gasteiger partial charge in [-0.15, -0.1) is 16.9 Å². The normalized spacial score (nSPS) is 15.1. The number of ether oxygens (including phenoxy) is 2. The van der Waals surface area contributed by atoms with Gasteiger partial charge < -0.3 is 13.9 Å². The van der Waals surface area contributed by atoms with Crippen molar-refractivity contribution in [3.05, 3.63) is 42.5 Å². The monoisotopic (exact) mass is 518 g/mol. The van der Waals surface area contributed by atoms with Crippen LogP contribution in [0.2, 0.25) is 0 Å². The molecule has 1 saturated heterocycles. The zero-order chi connectivity index (χ0) is 25.0. The number of nitrogens with zero attached hydrogens (tertiary/aromatic N) is 3. The molecule has 1 fully saturated rings. The summed E-state index contributed by atoms with van der Waals surface area (Å²) in [4.78, 5) is 14.0. The number of hydrogen-bond donors (Lipinski definition) is 1. The van der Waals surface area contributed by atoms with E-state index in [1.54, 1.807) is 61.3 Å². The number of piperidine rings is 1. The molecule has 0 atom stereocenters. The van der Waals surface area contributed by atoms with Crippen molar-refractivity contribution in [3.8, 4) is 23.0 Å². The zero-order valence-corrected chi connectivity index (χ0v) is 21.2. The van der Waals surface area contributed by atoms with E-state index in [1.807, 2.05) is 6.26 Å². The third-order valence-corrected chi connectivity index (χ3v) is 8.47. The van der Waals surface area contributed by atoms with Crippen LogP contribution in [0, 0.1) is 5.92 Å². The third-order valence-electron chi connectivity index (χ3n) is 5.82. The Kier molecular flexibility index (Phi) is 7.63. The van der Waals surface area contributed by atoms with Crippen molar-refractivity contribution >= 4 is 33.7 Å². The van der Waals surface area contributed by atoms with Crippen LogP contribution in [-0.4, -0.2) is 62.4 Å². The van der Waals surface area contributed by atoms with Gasteiger partial charge in [0.05, 0.1) is 24.7 Å². The van der Waals surface area contributed by atoms with Crippen LogP contribution in [0.5, 0.6) is 11.5 Å². The molecule has 0 radical (unpaired) electrons. The lowest BCUT2D eigenvalue weighted by Gasteiger charge is -2.30. The van der Waals surface area contributed by atoms with E-state index in [9.17, 15) is 13.2 Å². The molecule has 35 heavy (non-hydrogen) atoms. The summed E-state index contributed by atoms with van der Waals surface area (Å²) in [6.07, 6.45) is 2.72. The van der Waals surface area contributed by atoms with Crippen molar-refractivity contribution in [1.29, 1.82) is 0 Å². The fourth-order valence-corrected chi connectivity index (χ4v) is 5.70. The second-order valence-electron chi connectivity index (χ2n) is 7.82. The van der Waals surface area contributed by atoms with Crippen molar-refractivity contribution in [1.82, 2.24) is 14.5 Å². The lowest BCUT2D eigenvalue weighted by Crippen LogP contribution is -2.41. The summed E-state index contributed by atoms with van der Waals surface area (Å²) in [5, 5.41) is 10.6. The molecule has 1 aliphatic heterocycles. The number of thioether (sulfide) groups is 1. The smallest absolute Gasteiger partial charge is 0.322 e. The second kappa shape index (κ2) is 10.7. The summed E-state index contributed by atoms with van der Waals surface area (Å²) in [7, 11) is -0.533. The number of hydrogen-bond acceptors (Lipinski definition) is 9. The number of benzene rings is 2. The molecule has 0 bridgehead atoms. The maximum absolute atomic E-state index is 13.0. The first-order valence-electron chi connectivity index (χ1n) is 10.9. The van der Waals surface area contributed by atoms with Crippen LogP contribution in [0.25, 0.3) is 11.5 Å². The van der Waals surface area contributed by atoms with Crippen LogP contribution in [0.1, 0.15) is 12.8 Å². The van der Waals surface area contributed by atoms with E-state index in [1.165, 1.54) is 11.4 Å². The van der Waals surface area contributed by atoms with Gasteiger partial charge in [0, 0.05) is 30.0 Å². The highest BCUT2D eigenvalue weighted by Gasteiger charge is 2.32. The van der Waals surface area contributed by atoms with E-state index in [4.69, 9.17) is 13.9 Å². The first kappa shape index (κ1) is 25.0. The van der Waals surface area contributed by atoms with E-state index in [-0.39, 0.29) is 41.7 Å². The Balaban J connectivity index is 1.37. The Labute approximate surface area is 208 Å². The highest BCUT2D eigenvalue weighted by molar-refractivity contribution is 7.98. The van der Waals surface area contributed by atoms with Crippen LogP contribution in [0.15, 0.2) is 56.7 Å². The summed E-state index contributed by atoms with van der Waals surface area (Å²) in [6, 6.07) is 11.9. The van der Waals surface area contributed by atoms with Gasteiger partial charge in [0.25, 0.3) is 5.89 Å². The number of carbonyl (C=O) groups is 1. The van der Waals surface area contributed by atoms with Gasteiger partial charge in [0.2, 0.25) is 15.9 Å². The molecule has 1 aromatic heterocycles. The predicted molar refractivity (Wildman–Crippen MR) is 131 cm³/mol. The third kappa shape index (κ3) is 5.44. The van der Waals surface area contributed by atoms with Gasteiger partial charge in [-0.3, -0.25) is 10.1 Å². The van der Waals surface area contributed by atoms with Crippen molar-refractivity contribution < 1.29 is 27.1 Å². The molecule has 1 aliphatic rings. The fourth-order valence-electron chi connectivity index (χ4n) is 3.82. The summed E-state index contributed by atoms with van der Waals surface area (Å²) >= 11 is 1.55. The molecule has 4 rings (SSSR count). The van der Waals surface area contributed by atoms with Gasteiger partial charge >= 0.3 is 6.01 Å². The molecule has 1 amide bonds. The lowest BCUT2D eigenvalue weighted by atomic mass is 9.97. The van der Waals surface area contributed by atoms with E-state index in [0.29, 0.717) is 29.9 Å². The molecule has 0 spiro atoms. The first-order valence-corrected chi connectivity index (χ1v) is 13.5. The average Bonchev–Trinajstić information content (AvgIpc) is 3.36. The Hall–Kier alpha value is -3.09. The Bertz CT molecular complexity index is 1290. The molecule has 0 saturated carbocycles. The number of amides is 1. The molecule has 2 aromatic carbocycles. The van der Waals surface area contributed by atoms with Gasteiger partial charge in [0.1, 0.15) is 11.5 Å². The van der Waals surface area contributed by atoms with Crippen LogP contribution < -0.4 is 14.8 Å². The Morgan fingerprint density at radius 2 is 1.80 bits per heavy atom. The van der Waals surface area contributed by atoms with E-state index in [2.05, 4.69) is 15.5 Å². The summed E-state index contributed by atoms with van der Waals surface area (Å²) in [5.41, 5.74) is 0.561. The summed E-state index contributed by atoms with van der Waals surface area (Å²) < 4.78 is 43.5. The van der Waals surface area contributed by atoms with Crippen molar-refractivity contribution in [2.24, 2.45) is 5.92 Å². The van der Waals surface area contributed by atoms with Gasteiger partial charge in [-0.1, -0.05) is 5.10 Å². The number of methoxy groups -OCH3 is 2. The van der Waals surface area contributed by atoms with Crippen LogP contribution in [-0.2, 0) is 14.8 Å². The SMILES string of the molecule is COc1ccc(-c2nnc(NC(=O)C3CCN(S(=O)(=O)c4ccc(SC)cc4)CC3)o2)c(OC)c1. The molecular formula is C23H26N4O6S2. The number of carbonyl (C=O) groups excluding carboxylic acids is 1. The standard InChI is InChI=1S/C23H26N4O6S2/c1-31-16-4-9-19(20(14-16)32-2)22-25-26-23(33-22)24-21(28)15-10-12-27(13-11-15)35(29,30)18-7-5-17(34-3)6-8-18/h4-9,14-15H,10-13H2,1-3H3,(H,24,26,28). The Morgan fingerprint density at radius 1 is 1.09 bits per heavy atom. The van der Waals surface area contributed by atoms with Crippen molar-refractivity contribution in [3.63, 3.8) is 0 Å². The van der Waals surface area contributed by atoms with Gasteiger partial charge in [-0.25, -0.2) is 8.42 Å². The highest BCUT2D eigenvalue weighted by Crippen LogP contribution is 2.33. The average molecular weight is 519 g/mol. The number of aromatic nitrogens is 2. The van der Waals surface area contributed by atoms with E-state index in [0.717, 1.165) is 4.90 Å². The van der Waals surface area contributed by atoms with E-state index >= 15 is 0 Å². The largest absolute Gasteiger partial charge is 0.497 e. The molecule has 0 aliphatic carbocycles. The van der Waals surface area contributed by atoms with Crippen molar-refractivity contribution in [2.45, 2.75) is 22.6 Å². The molecule has 2 heterocycles. The van der Waals surface area contributed by atoms with Gasteiger partial charge in [-0.2, -0.15) is 4.31 Å². The van der Waals surface area contributed by atoms with E-state index < -0.39 is 10.0 Å². The number of sulfonamides is 1. The number of nitrogens with one attached hydrogen (secondary N) is 1. The Morgan fingerprint density at radius 3 is 2.43 bits per heavy atom. The van der Waals surface area contributed by atoms with Gasteiger partial charge in [-0.05, 0) is 55.5 Å². The molecule has 186 valence electrons. The predicted octanol–water partition coefficient (Wildman–Crippen LogP) is 3.52. The van der Waals surface area contributed by atoms with Crippen LogP contribution in [0.3, 0.4) is 0 Å². The second-order valence-corrected chi connectivity index (χ2v) is 10.6. The first-order chi connectivity index (χ1) is 16.8. The molecule has 3 aromatic rings. The zero-order valence-electron chi connectivity index (χ0n) is 19.6. The molecule has 0 unspecified atom stereocenters. The summed E-state index contributed by atoms with van der Waals surface area (Å²) in [5.74, 6) is 0.634. The molecule has 10 nitrogen and oxygen atoms in total. The summed E-state index contributed by atoms with van der Waals surface area (Å²) in [6.45, 7) is 0.506. The lowest BCUT2D eigenvalue weighted by molar-refractivity contribution is -0.121. The number of anilines is 1. The maximum atomic E-state index is 13.0. The maximum Gasteiger partial charge on any atom is 0.322 e. The highest BCUT2D eigenvalue weighted by atomic mass is 32.2. The van der Waals surface area contributed by atoms with Crippen LogP contribution in [0.4, 0.5) is 6.01 Å². The van der Waals surface area contributed by atoms with Crippen LogP contribution >= 0.6 is 11.8 Å². The minimum Gasteiger partial charge on any atom is -0.497 e. The topological polar surface area (TPSA) is 124 Å². The molecular weight excluding hydrogens is 492 g/mol. The molecule has 1 N–H and O–H groups in total. The minimum absolute atomic E-state index is 0.0354. The van der Waals surface area contributed by atoms with Gasteiger partial charge in [0.15, 0.2) is 0 Å². The quantitative estimate of drug-likeness (QED) is 0.446. The minimum atomic E-state index is -3.60. The number of rotatable bonds is 8.